The maximum atomic E-state index is 4.12. The maximum absolute atomic E-state index is 4.12. The molecule has 0 spiro atoms. The van der Waals surface area contributed by atoms with Gasteiger partial charge in [-0.2, -0.15) is 0 Å². The van der Waals surface area contributed by atoms with Crippen molar-refractivity contribution in [3.8, 4) is 0 Å². The van der Waals surface area contributed by atoms with E-state index in [1.54, 1.807) is 18.0 Å². The van der Waals surface area contributed by atoms with Crippen LogP contribution in [0.1, 0.15) is 5.56 Å². The predicted molar refractivity (Wildman–Crippen MR) is 65.7 cm³/mol. The van der Waals surface area contributed by atoms with Gasteiger partial charge in [0.25, 0.3) is 0 Å². The average Bonchev–Trinajstić information content (AvgIpc) is 2.28. The van der Waals surface area contributed by atoms with Gasteiger partial charge in [0.1, 0.15) is 0 Å². The molecule has 76 valence electrons. The van der Waals surface area contributed by atoms with Crippen LogP contribution in [0.15, 0.2) is 52.4 Å². The standard InChI is InChI=1S/C11H9BrN2S/c12-10-5-9(6-14-7-10)8-15-11-1-3-13-4-2-11/h1-7H,8H2. The molecule has 15 heavy (non-hydrogen) atoms. The van der Waals surface area contributed by atoms with Gasteiger partial charge in [0.15, 0.2) is 0 Å². The molecule has 2 heterocycles. The minimum absolute atomic E-state index is 0.927. The Bertz CT molecular complexity index is 434. The van der Waals surface area contributed by atoms with Gasteiger partial charge in [-0.25, -0.2) is 0 Å². The Morgan fingerprint density at radius 1 is 1.13 bits per heavy atom. The number of hydrogen-bond donors (Lipinski definition) is 0. The lowest BCUT2D eigenvalue weighted by molar-refractivity contribution is 1.22. The van der Waals surface area contributed by atoms with Gasteiger partial charge >= 0.3 is 0 Å². The minimum atomic E-state index is 0.927. The van der Waals surface area contributed by atoms with Crippen molar-refractivity contribution >= 4 is 27.7 Å². The second-order valence-electron chi connectivity index (χ2n) is 2.98. The summed E-state index contributed by atoms with van der Waals surface area (Å²) < 4.78 is 1.02. The smallest absolute Gasteiger partial charge is 0.0410 e. The lowest BCUT2D eigenvalue weighted by Crippen LogP contribution is -1.83. The topological polar surface area (TPSA) is 25.8 Å². The number of pyridine rings is 2. The molecule has 0 aromatic carbocycles. The van der Waals surface area contributed by atoms with Crippen LogP contribution in [0.4, 0.5) is 0 Å². The van der Waals surface area contributed by atoms with Crippen molar-refractivity contribution in [2.45, 2.75) is 10.6 Å². The summed E-state index contributed by atoms with van der Waals surface area (Å²) in [4.78, 5) is 9.33. The molecular weight excluding hydrogens is 272 g/mol. The Hall–Kier alpha value is -0.870. The zero-order chi connectivity index (χ0) is 10.5. The maximum Gasteiger partial charge on any atom is 0.0410 e. The summed E-state index contributed by atoms with van der Waals surface area (Å²) in [5.74, 6) is 0.927. The normalized spacial score (nSPS) is 10.2. The third kappa shape index (κ3) is 3.32. The summed E-state index contributed by atoms with van der Waals surface area (Å²) >= 11 is 5.19. The van der Waals surface area contributed by atoms with E-state index in [2.05, 4.69) is 32.0 Å². The van der Waals surface area contributed by atoms with Gasteiger partial charge in [-0.15, -0.1) is 11.8 Å². The predicted octanol–water partition coefficient (Wildman–Crippen LogP) is 3.53. The molecular formula is C11H9BrN2S. The van der Waals surface area contributed by atoms with Gasteiger partial charge in [0.05, 0.1) is 0 Å². The number of thioether (sulfide) groups is 1. The number of aromatic nitrogens is 2. The minimum Gasteiger partial charge on any atom is -0.265 e. The van der Waals surface area contributed by atoms with Crippen LogP contribution < -0.4 is 0 Å². The molecule has 0 atom stereocenters. The monoisotopic (exact) mass is 280 g/mol. The molecule has 0 saturated heterocycles. The van der Waals surface area contributed by atoms with Crippen LogP contribution in [0.5, 0.6) is 0 Å². The number of nitrogens with zero attached hydrogens (tertiary/aromatic N) is 2. The average molecular weight is 281 g/mol. The molecule has 0 aliphatic carbocycles. The number of halogens is 1. The summed E-state index contributed by atoms with van der Waals surface area (Å²) in [5.41, 5.74) is 1.21. The van der Waals surface area contributed by atoms with Crippen molar-refractivity contribution in [1.29, 1.82) is 0 Å². The Labute approximate surface area is 101 Å². The van der Waals surface area contributed by atoms with Crippen molar-refractivity contribution in [3.63, 3.8) is 0 Å². The van der Waals surface area contributed by atoms with Crippen LogP contribution in [0.3, 0.4) is 0 Å². The molecule has 0 N–H and O–H groups in total. The van der Waals surface area contributed by atoms with Crippen LogP contribution in [0, 0.1) is 0 Å². The molecule has 2 aromatic heterocycles. The first-order valence-corrected chi connectivity index (χ1v) is 6.25. The van der Waals surface area contributed by atoms with Crippen LogP contribution in [0.2, 0.25) is 0 Å². The molecule has 0 aliphatic rings. The lowest BCUT2D eigenvalue weighted by atomic mass is 10.3. The highest BCUT2D eigenvalue weighted by molar-refractivity contribution is 9.10. The zero-order valence-corrected chi connectivity index (χ0v) is 10.3. The molecule has 0 aliphatic heterocycles. The van der Waals surface area contributed by atoms with Crippen LogP contribution in [-0.2, 0) is 5.75 Å². The molecule has 2 rings (SSSR count). The van der Waals surface area contributed by atoms with E-state index in [4.69, 9.17) is 0 Å². The molecule has 0 amide bonds. The highest BCUT2D eigenvalue weighted by atomic mass is 79.9. The van der Waals surface area contributed by atoms with Crippen molar-refractivity contribution in [3.05, 3.63) is 53.0 Å². The Balaban J connectivity index is 1.99. The third-order valence-electron chi connectivity index (χ3n) is 1.82. The fraction of sp³-hybridized carbons (Fsp3) is 0.0909. The van der Waals surface area contributed by atoms with Gasteiger partial charge in [-0.1, -0.05) is 0 Å². The number of hydrogen-bond acceptors (Lipinski definition) is 3. The molecule has 2 nitrogen and oxygen atoms in total. The van der Waals surface area contributed by atoms with E-state index >= 15 is 0 Å². The van der Waals surface area contributed by atoms with E-state index in [0.717, 1.165) is 10.2 Å². The fourth-order valence-corrected chi connectivity index (χ4v) is 2.35. The first kappa shape index (κ1) is 10.6. The van der Waals surface area contributed by atoms with Gasteiger partial charge < -0.3 is 0 Å². The van der Waals surface area contributed by atoms with E-state index in [-0.39, 0.29) is 0 Å². The van der Waals surface area contributed by atoms with Crippen molar-refractivity contribution in [1.82, 2.24) is 9.97 Å². The summed E-state index contributed by atoms with van der Waals surface area (Å²) in [5, 5.41) is 0. The van der Waals surface area contributed by atoms with Crippen molar-refractivity contribution in [2.75, 3.05) is 0 Å². The first-order chi connectivity index (χ1) is 7.34. The SMILES string of the molecule is Brc1cncc(CSc2ccncc2)c1. The lowest BCUT2D eigenvalue weighted by Gasteiger charge is -2.01. The van der Waals surface area contributed by atoms with Crippen LogP contribution in [-0.4, -0.2) is 9.97 Å². The van der Waals surface area contributed by atoms with Gasteiger partial charge in [-0.05, 0) is 39.7 Å². The first-order valence-electron chi connectivity index (χ1n) is 4.47. The Morgan fingerprint density at radius 3 is 2.67 bits per heavy atom. The summed E-state index contributed by atoms with van der Waals surface area (Å²) in [6.45, 7) is 0. The van der Waals surface area contributed by atoms with Gasteiger partial charge in [-0.3, -0.25) is 9.97 Å². The van der Waals surface area contributed by atoms with E-state index < -0.39 is 0 Å². The summed E-state index contributed by atoms with van der Waals surface area (Å²) in [6.07, 6.45) is 7.29. The van der Waals surface area contributed by atoms with Crippen molar-refractivity contribution in [2.24, 2.45) is 0 Å². The largest absolute Gasteiger partial charge is 0.265 e. The second-order valence-corrected chi connectivity index (χ2v) is 4.95. The molecule has 0 unspecified atom stereocenters. The second kappa shape index (κ2) is 5.28. The molecule has 0 radical (unpaired) electrons. The highest BCUT2D eigenvalue weighted by Gasteiger charge is 1.97. The fourth-order valence-electron chi connectivity index (χ4n) is 1.14. The molecule has 4 heteroatoms. The Kier molecular flexibility index (Phi) is 3.75. The van der Waals surface area contributed by atoms with Crippen LogP contribution in [0.25, 0.3) is 0 Å². The Morgan fingerprint density at radius 2 is 1.93 bits per heavy atom. The van der Waals surface area contributed by atoms with Gasteiger partial charge in [0, 0.05) is 39.9 Å². The van der Waals surface area contributed by atoms with Crippen molar-refractivity contribution < 1.29 is 0 Å². The zero-order valence-electron chi connectivity index (χ0n) is 7.93. The third-order valence-corrected chi connectivity index (χ3v) is 3.33. The van der Waals surface area contributed by atoms with Gasteiger partial charge in [0.2, 0.25) is 0 Å². The molecule has 2 aromatic rings. The summed E-state index contributed by atoms with van der Waals surface area (Å²) in [7, 11) is 0. The molecule has 0 saturated carbocycles. The van der Waals surface area contributed by atoms with E-state index in [0.29, 0.717) is 0 Å². The van der Waals surface area contributed by atoms with Crippen LogP contribution >= 0.6 is 27.7 Å². The summed E-state index contributed by atoms with van der Waals surface area (Å²) in [6, 6.07) is 6.10. The molecule has 0 fully saturated rings. The van der Waals surface area contributed by atoms with E-state index in [9.17, 15) is 0 Å². The highest BCUT2D eigenvalue weighted by Crippen LogP contribution is 2.22. The van der Waals surface area contributed by atoms with E-state index in [1.807, 2.05) is 30.7 Å². The molecule has 0 bridgehead atoms. The number of rotatable bonds is 3. The van der Waals surface area contributed by atoms with E-state index in [1.165, 1.54) is 10.5 Å². The quantitative estimate of drug-likeness (QED) is 0.805.